The molecule has 2 aromatic carbocycles. The number of halogens is 1. The van der Waals surface area contributed by atoms with Crippen molar-refractivity contribution in [3.8, 4) is 5.75 Å². The number of hydrogen-bond donors (Lipinski definition) is 0. The lowest BCUT2D eigenvalue weighted by atomic mass is 10.2. The van der Waals surface area contributed by atoms with Crippen molar-refractivity contribution < 1.29 is 9.53 Å². The summed E-state index contributed by atoms with van der Waals surface area (Å²) in [4.78, 5) is 12.3. The highest BCUT2D eigenvalue weighted by atomic mass is 35.5. The molecule has 0 heterocycles. The van der Waals surface area contributed by atoms with Gasteiger partial charge in [-0.05, 0) is 26.0 Å². The van der Waals surface area contributed by atoms with E-state index in [0.717, 1.165) is 5.30 Å². The Hall–Kier alpha value is -1.37. The lowest BCUT2D eigenvalue weighted by Crippen LogP contribution is -2.03. The van der Waals surface area contributed by atoms with Crippen LogP contribution in [0.2, 0.25) is 5.02 Å². The molecule has 2 nitrogen and oxygen atoms in total. The summed E-state index contributed by atoms with van der Waals surface area (Å²) in [5, 5.41) is 1.42. The highest BCUT2D eigenvalue weighted by Gasteiger charge is 2.16. The number of rotatable bonds is 4. The van der Waals surface area contributed by atoms with Crippen molar-refractivity contribution in [1.29, 1.82) is 0 Å². The van der Waals surface area contributed by atoms with E-state index in [-0.39, 0.29) is 14.1 Å². The normalized spacial score (nSPS) is 10.8. The molecule has 0 aliphatic heterocycles. The van der Waals surface area contributed by atoms with E-state index in [9.17, 15) is 4.79 Å². The second-order valence-electron chi connectivity index (χ2n) is 3.64. The van der Waals surface area contributed by atoms with Gasteiger partial charge < -0.3 is 4.74 Å². The van der Waals surface area contributed by atoms with Crippen LogP contribution in [0, 0.1) is 0 Å². The largest absolute Gasteiger partial charge is 0.496 e. The molecule has 92 valence electrons. The Balaban J connectivity index is 2.29. The molecule has 18 heavy (non-hydrogen) atoms. The maximum Gasteiger partial charge on any atom is 0.190 e. The average molecular weight is 279 g/mol. The van der Waals surface area contributed by atoms with Gasteiger partial charge in [-0.2, -0.15) is 0 Å². The predicted octanol–water partition coefficient (Wildman–Crippen LogP) is 3.49. The Morgan fingerprint density at radius 2 is 1.83 bits per heavy atom. The minimum absolute atomic E-state index is 0.0105. The van der Waals surface area contributed by atoms with E-state index in [4.69, 9.17) is 16.3 Å². The van der Waals surface area contributed by atoms with Crippen LogP contribution in [-0.2, 0) is 0 Å². The summed E-state index contributed by atoms with van der Waals surface area (Å²) in [6.07, 6.45) is 0. The van der Waals surface area contributed by atoms with Crippen LogP contribution in [0.25, 0.3) is 0 Å². The highest BCUT2D eigenvalue weighted by molar-refractivity contribution is 7.66. The molecular weight excluding hydrogens is 267 g/mol. The summed E-state index contributed by atoms with van der Waals surface area (Å²) in [7, 11) is 1.58. The van der Waals surface area contributed by atoms with Crippen LogP contribution in [-0.4, -0.2) is 12.6 Å². The third-order valence-corrected chi connectivity index (χ3v) is 3.87. The van der Waals surface area contributed by atoms with Gasteiger partial charge in [-0.25, -0.2) is 0 Å². The van der Waals surface area contributed by atoms with E-state index in [2.05, 4.69) is 0 Å². The van der Waals surface area contributed by atoms with Crippen molar-refractivity contribution in [2.75, 3.05) is 7.11 Å². The van der Waals surface area contributed by atoms with Crippen molar-refractivity contribution >= 4 is 31.0 Å². The van der Waals surface area contributed by atoms with E-state index in [1.165, 1.54) is 7.11 Å². The zero-order chi connectivity index (χ0) is 13.0. The zero-order valence-corrected chi connectivity index (χ0v) is 11.6. The third-order valence-electron chi connectivity index (χ3n) is 2.45. The van der Waals surface area contributed by atoms with Crippen LogP contribution in [0.15, 0.2) is 48.5 Å². The van der Waals surface area contributed by atoms with Gasteiger partial charge in [0.25, 0.3) is 0 Å². The van der Waals surface area contributed by atoms with Crippen molar-refractivity contribution in [3.63, 3.8) is 0 Å². The second-order valence-corrected chi connectivity index (χ2v) is 5.33. The van der Waals surface area contributed by atoms with Crippen molar-refractivity contribution in [3.05, 3.63) is 59.1 Å². The van der Waals surface area contributed by atoms with Gasteiger partial charge in [0.15, 0.2) is 5.52 Å². The molecule has 2 rings (SSSR count). The number of benzene rings is 2. The SMILES string of the molecule is COc1cccc(Cl)c1C(=O)Pc1ccccc1. The number of methoxy groups -OCH3 is 1. The zero-order valence-electron chi connectivity index (χ0n) is 9.81. The molecule has 2 aromatic rings. The number of carbonyl (C=O) groups excluding carboxylic acids is 1. The summed E-state index contributed by atoms with van der Waals surface area (Å²) in [5.74, 6) is 0.524. The minimum Gasteiger partial charge on any atom is -0.496 e. The van der Waals surface area contributed by atoms with Crippen LogP contribution < -0.4 is 10.0 Å². The number of hydrogen-bond acceptors (Lipinski definition) is 2. The Labute approximate surface area is 113 Å². The number of ether oxygens (including phenoxy) is 1. The highest BCUT2D eigenvalue weighted by Crippen LogP contribution is 2.31. The monoisotopic (exact) mass is 278 g/mol. The fraction of sp³-hybridized carbons (Fsp3) is 0.0714. The standard InChI is InChI=1S/C14H12ClO2P/c1-17-12-9-5-8-11(15)13(12)14(16)18-10-6-3-2-4-7-10/h2-9,18H,1H3. The Morgan fingerprint density at radius 3 is 2.50 bits per heavy atom. The summed E-state index contributed by atoms with van der Waals surface area (Å²) in [6, 6.07) is 14.8. The molecule has 1 unspecified atom stereocenters. The van der Waals surface area contributed by atoms with Gasteiger partial charge in [-0.3, -0.25) is 4.79 Å². The molecule has 0 saturated carbocycles. The van der Waals surface area contributed by atoms with Gasteiger partial charge in [0.1, 0.15) is 5.75 Å². The molecule has 0 aromatic heterocycles. The average Bonchev–Trinajstić information content (AvgIpc) is 2.39. The molecule has 0 saturated heterocycles. The first-order valence-electron chi connectivity index (χ1n) is 5.41. The first kappa shape index (κ1) is 13.1. The van der Waals surface area contributed by atoms with E-state index >= 15 is 0 Å². The van der Waals surface area contributed by atoms with Crippen LogP contribution in [0.5, 0.6) is 5.75 Å². The van der Waals surface area contributed by atoms with E-state index < -0.39 is 0 Å². The molecule has 0 radical (unpaired) electrons. The van der Waals surface area contributed by atoms with Gasteiger partial charge in [-0.15, -0.1) is 0 Å². The van der Waals surface area contributed by atoms with Crippen LogP contribution in [0.4, 0.5) is 0 Å². The lowest BCUT2D eigenvalue weighted by Gasteiger charge is -2.09. The van der Waals surface area contributed by atoms with Gasteiger partial charge in [0, 0.05) is 0 Å². The topological polar surface area (TPSA) is 26.3 Å². The fourth-order valence-corrected chi connectivity index (χ4v) is 2.94. The molecular formula is C14H12ClO2P. The molecule has 0 fully saturated rings. The van der Waals surface area contributed by atoms with Gasteiger partial charge >= 0.3 is 0 Å². The van der Waals surface area contributed by atoms with Crippen LogP contribution in [0.3, 0.4) is 0 Å². The van der Waals surface area contributed by atoms with Gasteiger partial charge in [0.05, 0.1) is 17.7 Å². The molecule has 0 spiro atoms. The maximum absolute atomic E-state index is 12.3. The second kappa shape index (κ2) is 5.99. The van der Waals surface area contributed by atoms with Crippen LogP contribution in [0.1, 0.15) is 10.4 Å². The van der Waals surface area contributed by atoms with Crippen molar-refractivity contribution in [2.24, 2.45) is 0 Å². The fourth-order valence-electron chi connectivity index (χ4n) is 1.61. The molecule has 0 aliphatic rings. The van der Waals surface area contributed by atoms with Gasteiger partial charge in [-0.1, -0.05) is 48.0 Å². The van der Waals surface area contributed by atoms with E-state index in [1.54, 1.807) is 18.2 Å². The Bertz CT molecular complexity index is 555. The molecule has 0 N–H and O–H groups in total. The van der Waals surface area contributed by atoms with Gasteiger partial charge in [0.2, 0.25) is 0 Å². The maximum atomic E-state index is 12.3. The van der Waals surface area contributed by atoms with Crippen molar-refractivity contribution in [2.45, 2.75) is 0 Å². The quantitative estimate of drug-likeness (QED) is 0.800. The first-order chi connectivity index (χ1) is 8.72. The molecule has 4 heteroatoms. The lowest BCUT2D eigenvalue weighted by molar-refractivity contribution is 0.108. The molecule has 0 aliphatic carbocycles. The predicted molar refractivity (Wildman–Crippen MR) is 76.7 cm³/mol. The molecule has 0 amide bonds. The van der Waals surface area contributed by atoms with Crippen LogP contribution >= 0.6 is 20.2 Å². The third kappa shape index (κ3) is 2.90. The smallest absolute Gasteiger partial charge is 0.190 e. The summed E-state index contributed by atoms with van der Waals surface area (Å²) < 4.78 is 5.18. The van der Waals surface area contributed by atoms with E-state index in [0.29, 0.717) is 16.3 Å². The molecule has 0 bridgehead atoms. The Kier molecular flexibility index (Phi) is 4.35. The molecule has 1 atom stereocenters. The first-order valence-corrected chi connectivity index (χ1v) is 6.79. The van der Waals surface area contributed by atoms with E-state index in [1.807, 2.05) is 30.3 Å². The summed E-state index contributed by atoms with van der Waals surface area (Å²) in [5.41, 5.74) is 0.451. The summed E-state index contributed by atoms with van der Waals surface area (Å²) >= 11 is 6.07. The van der Waals surface area contributed by atoms with Crippen molar-refractivity contribution in [1.82, 2.24) is 0 Å². The number of carbonyl (C=O) groups is 1. The minimum atomic E-state index is -0.0105. The Morgan fingerprint density at radius 1 is 1.11 bits per heavy atom. The summed E-state index contributed by atoms with van der Waals surface area (Å²) in [6.45, 7) is 0.